The molecule has 0 radical (unpaired) electrons. The highest BCUT2D eigenvalue weighted by molar-refractivity contribution is 5.88. The van der Waals surface area contributed by atoms with Crippen LogP contribution in [0.1, 0.15) is 12.5 Å². The molecule has 1 heterocycles. The van der Waals surface area contributed by atoms with Crippen molar-refractivity contribution in [2.45, 2.75) is 25.4 Å². The topological polar surface area (TPSA) is 112 Å². The van der Waals surface area contributed by atoms with Gasteiger partial charge < -0.3 is 15.4 Å². The number of carbonyl (C=O) groups is 2. The van der Waals surface area contributed by atoms with Crippen molar-refractivity contribution in [2.24, 2.45) is 5.18 Å². The van der Waals surface area contributed by atoms with Crippen molar-refractivity contribution in [3.63, 3.8) is 0 Å². The van der Waals surface area contributed by atoms with Gasteiger partial charge in [-0.3, -0.25) is 4.79 Å². The standard InChI is InChI=1S/C14H15N3O4/c1-8(17-21)13(18)16-12(14(19)20)6-9-7-15-11-5-3-2-4-10(9)11/h2-5,7-8,12,15H,6H2,1H3,(H,16,18)(H,19,20)/t8?,12-/m0/s1. The molecule has 0 fully saturated rings. The number of amides is 1. The monoisotopic (exact) mass is 289 g/mol. The Bertz CT molecular complexity index is 680. The average molecular weight is 289 g/mol. The number of hydrogen-bond donors (Lipinski definition) is 3. The van der Waals surface area contributed by atoms with E-state index in [1.807, 2.05) is 24.3 Å². The van der Waals surface area contributed by atoms with E-state index in [0.717, 1.165) is 16.5 Å². The summed E-state index contributed by atoms with van der Waals surface area (Å²) in [7, 11) is 0. The summed E-state index contributed by atoms with van der Waals surface area (Å²) in [4.78, 5) is 36.3. The molecule has 2 atom stereocenters. The first-order chi connectivity index (χ1) is 10.0. The lowest BCUT2D eigenvalue weighted by Crippen LogP contribution is -2.45. The highest BCUT2D eigenvalue weighted by atomic mass is 16.4. The number of aromatic amines is 1. The molecule has 2 rings (SSSR count). The fraction of sp³-hybridized carbons (Fsp3) is 0.286. The number of H-pyrrole nitrogens is 1. The van der Waals surface area contributed by atoms with Gasteiger partial charge in [-0.1, -0.05) is 23.4 Å². The molecule has 0 aliphatic carbocycles. The van der Waals surface area contributed by atoms with E-state index in [9.17, 15) is 19.6 Å². The van der Waals surface area contributed by atoms with E-state index >= 15 is 0 Å². The van der Waals surface area contributed by atoms with Crippen LogP contribution >= 0.6 is 0 Å². The Kier molecular flexibility index (Phi) is 4.32. The second-order valence-electron chi connectivity index (χ2n) is 4.74. The van der Waals surface area contributed by atoms with Crippen molar-refractivity contribution in [1.82, 2.24) is 10.3 Å². The first-order valence-corrected chi connectivity index (χ1v) is 6.43. The number of aromatic nitrogens is 1. The molecule has 0 aliphatic rings. The molecule has 0 spiro atoms. The highest BCUT2D eigenvalue weighted by Gasteiger charge is 2.24. The van der Waals surface area contributed by atoms with Crippen LogP contribution in [0.2, 0.25) is 0 Å². The zero-order valence-corrected chi connectivity index (χ0v) is 11.4. The number of rotatable bonds is 6. The fourth-order valence-electron chi connectivity index (χ4n) is 2.06. The van der Waals surface area contributed by atoms with E-state index in [-0.39, 0.29) is 6.42 Å². The summed E-state index contributed by atoms with van der Waals surface area (Å²) in [6.07, 6.45) is 1.84. The molecule has 7 nitrogen and oxygen atoms in total. The van der Waals surface area contributed by atoms with Crippen molar-refractivity contribution >= 4 is 22.8 Å². The first kappa shape index (κ1) is 14.7. The van der Waals surface area contributed by atoms with Gasteiger partial charge in [-0.2, -0.15) is 0 Å². The number of fused-ring (bicyclic) bond motifs is 1. The second-order valence-corrected chi connectivity index (χ2v) is 4.74. The van der Waals surface area contributed by atoms with Crippen molar-refractivity contribution in [3.8, 4) is 0 Å². The zero-order chi connectivity index (χ0) is 15.4. The zero-order valence-electron chi connectivity index (χ0n) is 11.4. The Labute approximate surface area is 120 Å². The molecule has 21 heavy (non-hydrogen) atoms. The molecule has 1 aromatic carbocycles. The van der Waals surface area contributed by atoms with Gasteiger partial charge in [0, 0.05) is 23.5 Å². The number of aliphatic carboxylic acids is 1. The summed E-state index contributed by atoms with van der Waals surface area (Å²) in [5.41, 5.74) is 1.68. The van der Waals surface area contributed by atoms with Crippen LogP contribution in [0, 0.1) is 4.91 Å². The molecule has 3 N–H and O–H groups in total. The maximum absolute atomic E-state index is 11.6. The van der Waals surface area contributed by atoms with Crippen LogP contribution in [0.4, 0.5) is 0 Å². The first-order valence-electron chi connectivity index (χ1n) is 6.43. The third-order valence-corrected chi connectivity index (χ3v) is 3.25. The van der Waals surface area contributed by atoms with Crippen molar-refractivity contribution in [3.05, 3.63) is 40.9 Å². The van der Waals surface area contributed by atoms with E-state index in [4.69, 9.17) is 0 Å². The molecule has 0 saturated carbocycles. The molecule has 1 aromatic heterocycles. The number of nitrogens with zero attached hydrogens (tertiary/aromatic N) is 1. The summed E-state index contributed by atoms with van der Waals surface area (Å²) in [6, 6.07) is 5.25. The Morgan fingerprint density at radius 3 is 2.76 bits per heavy atom. The van der Waals surface area contributed by atoms with Gasteiger partial charge in [0.1, 0.15) is 6.04 Å². The minimum Gasteiger partial charge on any atom is -0.480 e. The predicted molar refractivity (Wildman–Crippen MR) is 76.8 cm³/mol. The Hall–Kier alpha value is -2.70. The normalized spacial score (nSPS) is 13.6. The lowest BCUT2D eigenvalue weighted by atomic mass is 10.0. The third kappa shape index (κ3) is 3.25. The lowest BCUT2D eigenvalue weighted by Gasteiger charge is -2.14. The number of carbonyl (C=O) groups excluding carboxylic acids is 1. The number of nitrogens with one attached hydrogen (secondary N) is 2. The quantitative estimate of drug-likeness (QED) is 0.698. The molecule has 0 saturated heterocycles. The summed E-state index contributed by atoms with van der Waals surface area (Å²) in [5.74, 6) is -1.86. The number of carboxylic acids is 1. The van der Waals surface area contributed by atoms with Crippen molar-refractivity contribution < 1.29 is 14.7 Å². The maximum atomic E-state index is 11.6. The second kappa shape index (κ2) is 6.17. The van der Waals surface area contributed by atoms with Crippen LogP contribution < -0.4 is 5.32 Å². The Balaban J connectivity index is 2.18. The van der Waals surface area contributed by atoms with Gasteiger partial charge in [-0.15, -0.1) is 4.91 Å². The maximum Gasteiger partial charge on any atom is 0.326 e. The minimum absolute atomic E-state index is 0.122. The molecular weight excluding hydrogens is 274 g/mol. The molecule has 1 unspecified atom stereocenters. The molecule has 0 bridgehead atoms. The largest absolute Gasteiger partial charge is 0.480 e. The van der Waals surface area contributed by atoms with E-state index in [2.05, 4.69) is 15.5 Å². The van der Waals surface area contributed by atoms with Crippen LogP contribution in [-0.4, -0.2) is 34.1 Å². The van der Waals surface area contributed by atoms with Gasteiger partial charge >= 0.3 is 5.97 Å². The van der Waals surface area contributed by atoms with E-state index in [1.165, 1.54) is 6.92 Å². The number of nitroso groups, excluding NO2 is 1. The SMILES string of the molecule is CC(N=O)C(=O)N[C@@H](Cc1c[nH]c2ccccc12)C(=O)O. The number of hydrogen-bond acceptors (Lipinski definition) is 4. The number of carboxylic acid groups (broad SMARTS) is 1. The Morgan fingerprint density at radius 1 is 1.38 bits per heavy atom. The van der Waals surface area contributed by atoms with Gasteiger partial charge in [0.05, 0.1) is 0 Å². The number of para-hydroxylation sites is 1. The highest BCUT2D eigenvalue weighted by Crippen LogP contribution is 2.19. The average Bonchev–Trinajstić information content (AvgIpc) is 2.88. The van der Waals surface area contributed by atoms with Crippen LogP contribution in [0.15, 0.2) is 35.6 Å². The van der Waals surface area contributed by atoms with Crippen LogP contribution in [0.3, 0.4) is 0 Å². The van der Waals surface area contributed by atoms with Crippen molar-refractivity contribution in [2.75, 3.05) is 0 Å². The van der Waals surface area contributed by atoms with E-state index in [0.29, 0.717) is 0 Å². The van der Waals surface area contributed by atoms with Crippen LogP contribution in [0.5, 0.6) is 0 Å². The molecule has 7 heteroatoms. The minimum atomic E-state index is -1.16. The number of benzene rings is 1. The lowest BCUT2D eigenvalue weighted by molar-refractivity contribution is -0.141. The van der Waals surface area contributed by atoms with Crippen LogP contribution in [0.25, 0.3) is 10.9 Å². The van der Waals surface area contributed by atoms with E-state index < -0.39 is 24.0 Å². The molecule has 2 aromatic rings. The smallest absolute Gasteiger partial charge is 0.326 e. The van der Waals surface area contributed by atoms with Gasteiger partial charge in [0.2, 0.25) is 5.91 Å². The van der Waals surface area contributed by atoms with Gasteiger partial charge in [0.25, 0.3) is 0 Å². The Morgan fingerprint density at radius 2 is 2.10 bits per heavy atom. The predicted octanol–water partition coefficient (Wildman–Crippen LogP) is 1.43. The van der Waals surface area contributed by atoms with Crippen molar-refractivity contribution in [1.29, 1.82) is 0 Å². The molecule has 110 valence electrons. The fourth-order valence-corrected chi connectivity index (χ4v) is 2.06. The molecule has 0 aliphatic heterocycles. The summed E-state index contributed by atoms with van der Waals surface area (Å²) >= 11 is 0. The van der Waals surface area contributed by atoms with E-state index in [1.54, 1.807) is 6.20 Å². The summed E-state index contributed by atoms with van der Waals surface area (Å²) in [5, 5.41) is 15.0. The molecule has 1 amide bonds. The third-order valence-electron chi connectivity index (χ3n) is 3.25. The van der Waals surface area contributed by atoms with Gasteiger partial charge in [-0.25, -0.2) is 4.79 Å². The summed E-state index contributed by atoms with van der Waals surface area (Å²) in [6.45, 7) is 1.31. The van der Waals surface area contributed by atoms with Gasteiger partial charge in [-0.05, 0) is 18.6 Å². The summed E-state index contributed by atoms with van der Waals surface area (Å²) < 4.78 is 0. The molecular formula is C14H15N3O4. The van der Waals surface area contributed by atoms with Gasteiger partial charge in [0.15, 0.2) is 6.04 Å². The van der Waals surface area contributed by atoms with Crippen LogP contribution in [-0.2, 0) is 16.0 Å².